The van der Waals surface area contributed by atoms with Crippen molar-refractivity contribution in [3.05, 3.63) is 94.1 Å². The molecule has 0 aromatic heterocycles. The zero-order valence-corrected chi connectivity index (χ0v) is 20.3. The SMILES string of the molecule is COc1cc(C(O)(CCc2cc(F)cc(F)c2)CCc2cc(F)cc(F)c2)cc(OC)c1C(C)C. The van der Waals surface area contributed by atoms with Gasteiger partial charge >= 0.3 is 0 Å². The second kappa shape index (κ2) is 11.1. The van der Waals surface area contributed by atoms with Crippen molar-refractivity contribution in [2.24, 2.45) is 0 Å². The van der Waals surface area contributed by atoms with Crippen LogP contribution in [0.3, 0.4) is 0 Å². The summed E-state index contributed by atoms with van der Waals surface area (Å²) in [4.78, 5) is 0. The van der Waals surface area contributed by atoms with Crippen molar-refractivity contribution in [3.63, 3.8) is 0 Å². The first-order valence-corrected chi connectivity index (χ1v) is 11.4. The first-order valence-electron chi connectivity index (χ1n) is 11.4. The van der Waals surface area contributed by atoms with Crippen LogP contribution in [-0.4, -0.2) is 19.3 Å². The van der Waals surface area contributed by atoms with E-state index in [0.717, 1.165) is 17.7 Å². The maximum atomic E-state index is 13.7. The van der Waals surface area contributed by atoms with Crippen molar-refractivity contribution >= 4 is 0 Å². The van der Waals surface area contributed by atoms with Crippen LogP contribution in [0.25, 0.3) is 0 Å². The van der Waals surface area contributed by atoms with Gasteiger partial charge in [0.05, 0.1) is 19.8 Å². The molecule has 0 aliphatic heterocycles. The molecule has 0 aliphatic carbocycles. The van der Waals surface area contributed by atoms with Crippen LogP contribution in [-0.2, 0) is 18.4 Å². The largest absolute Gasteiger partial charge is 0.496 e. The summed E-state index contributed by atoms with van der Waals surface area (Å²) in [7, 11) is 3.04. The number of benzene rings is 3. The van der Waals surface area contributed by atoms with Gasteiger partial charge in [-0.25, -0.2) is 17.6 Å². The lowest BCUT2D eigenvalue weighted by atomic mass is 9.81. The Balaban J connectivity index is 2.02. The highest BCUT2D eigenvalue weighted by Gasteiger charge is 2.32. The van der Waals surface area contributed by atoms with Crippen molar-refractivity contribution < 1.29 is 32.1 Å². The number of aryl methyl sites for hydroxylation is 2. The van der Waals surface area contributed by atoms with Crippen LogP contribution >= 0.6 is 0 Å². The molecule has 1 N–H and O–H groups in total. The number of aliphatic hydroxyl groups is 1. The average molecular weight is 491 g/mol. The van der Waals surface area contributed by atoms with Gasteiger partial charge in [-0.1, -0.05) is 13.8 Å². The predicted molar refractivity (Wildman–Crippen MR) is 127 cm³/mol. The van der Waals surface area contributed by atoms with Crippen LogP contribution in [0.5, 0.6) is 11.5 Å². The summed E-state index contributed by atoms with van der Waals surface area (Å²) in [5.74, 6) is -1.69. The Kier molecular flexibility index (Phi) is 8.43. The van der Waals surface area contributed by atoms with E-state index < -0.39 is 28.9 Å². The van der Waals surface area contributed by atoms with Crippen molar-refractivity contribution in [2.75, 3.05) is 14.2 Å². The van der Waals surface area contributed by atoms with Crippen molar-refractivity contribution in [1.29, 1.82) is 0 Å². The Bertz CT molecular complexity index is 1060. The van der Waals surface area contributed by atoms with Crippen molar-refractivity contribution in [3.8, 4) is 11.5 Å². The molecule has 188 valence electrons. The molecule has 0 amide bonds. The predicted octanol–water partition coefficient (Wildman–Crippen LogP) is 6.84. The molecular weight excluding hydrogens is 460 g/mol. The lowest BCUT2D eigenvalue weighted by molar-refractivity contribution is 0.0184. The smallest absolute Gasteiger partial charge is 0.126 e. The topological polar surface area (TPSA) is 38.7 Å². The van der Waals surface area contributed by atoms with Crippen LogP contribution < -0.4 is 9.47 Å². The molecule has 3 nitrogen and oxygen atoms in total. The molecule has 0 bridgehead atoms. The van der Waals surface area contributed by atoms with E-state index in [1.807, 2.05) is 13.8 Å². The molecule has 0 saturated heterocycles. The van der Waals surface area contributed by atoms with E-state index in [1.54, 1.807) is 12.1 Å². The Labute approximate surface area is 203 Å². The summed E-state index contributed by atoms with van der Waals surface area (Å²) in [5.41, 5.74) is 0.567. The molecule has 3 aromatic carbocycles. The van der Waals surface area contributed by atoms with Gasteiger partial charge in [0.1, 0.15) is 34.8 Å². The monoisotopic (exact) mass is 490 g/mol. The maximum absolute atomic E-state index is 13.7. The summed E-state index contributed by atoms with van der Waals surface area (Å²) < 4.78 is 66.1. The van der Waals surface area contributed by atoms with Gasteiger partial charge in [0.25, 0.3) is 0 Å². The van der Waals surface area contributed by atoms with E-state index in [1.165, 1.54) is 38.5 Å². The second-order valence-corrected chi connectivity index (χ2v) is 9.04. The Hall–Kier alpha value is -3.06. The fourth-order valence-corrected chi connectivity index (χ4v) is 4.40. The molecule has 0 atom stereocenters. The lowest BCUT2D eigenvalue weighted by Gasteiger charge is -2.31. The van der Waals surface area contributed by atoms with Gasteiger partial charge in [-0.2, -0.15) is 0 Å². The number of halogens is 4. The molecular formula is C28H30F4O3. The van der Waals surface area contributed by atoms with Gasteiger partial charge in [0.15, 0.2) is 0 Å². The average Bonchev–Trinajstić information content (AvgIpc) is 2.79. The minimum atomic E-state index is -1.51. The summed E-state index contributed by atoms with van der Waals surface area (Å²) >= 11 is 0. The second-order valence-electron chi connectivity index (χ2n) is 9.04. The van der Waals surface area contributed by atoms with E-state index in [0.29, 0.717) is 28.2 Å². The third kappa shape index (κ3) is 6.54. The highest BCUT2D eigenvalue weighted by atomic mass is 19.1. The Morgan fingerprint density at radius 2 is 1.06 bits per heavy atom. The van der Waals surface area contributed by atoms with Gasteiger partial charge in [0, 0.05) is 17.7 Å². The summed E-state index contributed by atoms with van der Waals surface area (Å²) in [5, 5.41) is 11.9. The molecule has 35 heavy (non-hydrogen) atoms. The minimum absolute atomic E-state index is 0.0765. The van der Waals surface area contributed by atoms with Gasteiger partial charge in [-0.15, -0.1) is 0 Å². The maximum Gasteiger partial charge on any atom is 0.126 e. The third-order valence-corrected chi connectivity index (χ3v) is 6.16. The van der Waals surface area contributed by atoms with Crippen molar-refractivity contribution in [2.45, 2.75) is 51.0 Å². The quantitative estimate of drug-likeness (QED) is 0.317. The number of ether oxygens (including phenoxy) is 2. The van der Waals surface area contributed by atoms with Crippen LogP contribution in [0.15, 0.2) is 48.5 Å². The Morgan fingerprint density at radius 3 is 1.37 bits per heavy atom. The zero-order chi connectivity index (χ0) is 25.8. The van der Waals surface area contributed by atoms with Crippen molar-refractivity contribution in [1.82, 2.24) is 0 Å². The summed E-state index contributed by atoms with van der Waals surface area (Å²) in [6.07, 6.45) is 0.528. The fraction of sp³-hybridized carbons (Fsp3) is 0.357. The molecule has 0 saturated carbocycles. The van der Waals surface area contributed by atoms with E-state index in [9.17, 15) is 22.7 Å². The molecule has 0 unspecified atom stereocenters. The molecule has 3 aromatic rings. The van der Waals surface area contributed by atoms with Crippen LogP contribution in [0, 0.1) is 23.3 Å². The summed E-state index contributed by atoms with van der Waals surface area (Å²) in [6.45, 7) is 3.98. The van der Waals surface area contributed by atoms with Gasteiger partial charge in [-0.3, -0.25) is 0 Å². The Morgan fingerprint density at radius 1 is 0.686 bits per heavy atom. The zero-order valence-electron chi connectivity index (χ0n) is 20.3. The van der Waals surface area contributed by atoms with Gasteiger partial charge in [0.2, 0.25) is 0 Å². The number of hydrogen-bond donors (Lipinski definition) is 1. The molecule has 0 aliphatic rings. The van der Waals surface area contributed by atoms with Crippen LogP contribution in [0.2, 0.25) is 0 Å². The number of methoxy groups -OCH3 is 2. The minimum Gasteiger partial charge on any atom is -0.496 e. The lowest BCUT2D eigenvalue weighted by Crippen LogP contribution is -2.28. The van der Waals surface area contributed by atoms with Gasteiger partial charge in [-0.05, 0) is 84.7 Å². The molecule has 0 radical (unpaired) electrons. The molecule has 7 heteroatoms. The third-order valence-electron chi connectivity index (χ3n) is 6.16. The van der Waals surface area contributed by atoms with Gasteiger partial charge < -0.3 is 14.6 Å². The fourth-order valence-electron chi connectivity index (χ4n) is 4.40. The normalized spacial score (nSPS) is 11.7. The van der Waals surface area contributed by atoms with E-state index in [-0.39, 0.29) is 31.6 Å². The van der Waals surface area contributed by atoms with E-state index in [2.05, 4.69) is 0 Å². The molecule has 0 heterocycles. The highest BCUT2D eigenvalue weighted by molar-refractivity contribution is 5.51. The van der Waals surface area contributed by atoms with Crippen LogP contribution in [0.1, 0.15) is 54.9 Å². The number of hydrogen-bond acceptors (Lipinski definition) is 3. The van der Waals surface area contributed by atoms with E-state index >= 15 is 0 Å². The first kappa shape index (κ1) is 26.5. The highest BCUT2D eigenvalue weighted by Crippen LogP contribution is 2.42. The molecule has 0 fully saturated rings. The van der Waals surface area contributed by atoms with Crippen LogP contribution in [0.4, 0.5) is 17.6 Å². The first-order chi connectivity index (χ1) is 16.5. The standard InChI is InChI=1S/C28H30F4O3/c1-17(2)27-25(34-3)13-20(14-26(27)35-4)28(33,7-5-18-9-21(29)15-22(30)10-18)8-6-19-11-23(31)16-24(32)12-19/h9-17,33H,5-8H2,1-4H3. The molecule has 3 rings (SSSR count). The molecule has 0 spiro atoms. The number of rotatable bonds is 10. The van der Waals surface area contributed by atoms with E-state index in [4.69, 9.17) is 9.47 Å². The summed E-state index contributed by atoms with van der Waals surface area (Å²) in [6, 6.07) is 9.88.